The van der Waals surface area contributed by atoms with Crippen molar-refractivity contribution in [3.05, 3.63) is 37.4 Å². The second-order valence-electron chi connectivity index (χ2n) is 3.97. The maximum Gasteiger partial charge on any atom is 0.183 e. The molecule has 0 radical (unpaired) electrons. The van der Waals surface area contributed by atoms with E-state index in [-0.39, 0.29) is 0 Å². The van der Waals surface area contributed by atoms with E-state index in [0.29, 0.717) is 22.0 Å². The van der Waals surface area contributed by atoms with Crippen LogP contribution in [0, 0.1) is 6.92 Å². The van der Waals surface area contributed by atoms with E-state index in [0.717, 1.165) is 15.7 Å². The molecule has 4 nitrogen and oxygen atoms in total. The van der Waals surface area contributed by atoms with Crippen LogP contribution in [0.1, 0.15) is 23.1 Å². The van der Waals surface area contributed by atoms with Crippen LogP contribution < -0.4 is 0 Å². The maximum absolute atomic E-state index is 10.1. The predicted octanol–water partition coefficient (Wildman–Crippen LogP) is 3.78. The summed E-state index contributed by atoms with van der Waals surface area (Å²) in [4.78, 5) is 0. The molecule has 1 atom stereocenters. The first-order valence-corrected chi connectivity index (χ1v) is 7.17. The van der Waals surface area contributed by atoms with E-state index in [2.05, 4.69) is 37.0 Å². The lowest BCUT2D eigenvalue weighted by molar-refractivity contribution is 0.148. The zero-order valence-corrected chi connectivity index (χ0v) is 13.7. The molecule has 0 spiro atoms. The molecule has 1 N–H and O–H groups in total. The first-order chi connectivity index (χ1) is 8.40. The number of aromatic nitrogens is 2. The molecule has 2 heterocycles. The maximum atomic E-state index is 10.1. The Kier molecular flexibility index (Phi) is 4.21. The van der Waals surface area contributed by atoms with Crippen molar-refractivity contribution in [3.8, 4) is 0 Å². The third kappa shape index (κ3) is 2.66. The van der Waals surface area contributed by atoms with Crippen molar-refractivity contribution in [1.82, 2.24) is 9.78 Å². The molecule has 7 heteroatoms. The Morgan fingerprint density at radius 1 is 1.56 bits per heavy atom. The molecule has 18 heavy (non-hydrogen) atoms. The van der Waals surface area contributed by atoms with Crippen LogP contribution >= 0.6 is 43.5 Å². The van der Waals surface area contributed by atoms with Gasteiger partial charge in [0.1, 0.15) is 17.0 Å². The minimum absolute atomic E-state index is 0.366. The van der Waals surface area contributed by atoms with Gasteiger partial charge in [-0.1, -0.05) is 11.6 Å². The summed E-state index contributed by atoms with van der Waals surface area (Å²) in [6.07, 6.45) is -0.391. The average Bonchev–Trinajstić information content (AvgIpc) is 2.75. The van der Waals surface area contributed by atoms with Gasteiger partial charge < -0.3 is 9.52 Å². The molecule has 0 aromatic carbocycles. The van der Waals surface area contributed by atoms with Crippen molar-refractivity contribution in [2.75, 3.05) is 0 Å². The van der Waals surface area contributed by atoms with Crippen LogP contribution in [-0.2, 0) is 13.5 Å². The largest absolute Gasteiger partial charge is 0.450 e. The number of rotatable bonds is 3. The van der Waals surface area contributed by atoms with Gasteiger partial charge in [-0.15, -0.1) is 0 Å². The molecule has 98 valence electrons. The first kappa shape index (κ1) is 14.1. The van der Waals surface area contributed by atoms with E-state index in [9.17, 15) is 5.11 Å². The second-order valence-corrected chi connectivity index (χ2v) is 5.90. The third-order valence-electron chi connectivity index (χ3n) is 2.66. The lowest BCUT2D eigenvalue weighted by Crippen LogP contribution is -2.01. The van der Waals surface area contributed by atoms with Crippen LogP contribution in [0.4, 0.5) is 0 Å². The van der Waals surface area contributed by atoms with Crippen molar-refractivity contribution in [1.29, 1.82) is 0 Å². The van der Waals surface area contributed by atoms with Crippen LogP contribution in [0.3, 0.4) is 0 Å². The number of aryl methyl sites for hydroxylation is 2. The molecule has 2 rings (SSSR count). The fourth-order valence-corrected chi connectivity index (χ4v) is 2.59. The Labute approximate surface area is 126 Å². The standard InChI is InChI=1S/C11H11Br2ClN2O2/c1-5-6(11(14)16(2)15-5)3-8(17)9-4-7(12)10(13)18-9/h4,8,17H,3H2,1-2H3. The normalized spacial score (nSPS) is 13.0. The molecule has 1 unspecified atom stereocenters. The summed E-state index contributed by atoms with van der Waals surface area (Å²) < 4.78 is 8.30. The third-order valence-corrected chi connectivity index (χ3v) is 4.84. The van der Waals surface area contributed by atoms with Crippen molar-refractivity contribution < 1.29 is 9.52 Å². The molecule has 0 aliphatic carbocycles. The summed E-state index contributed by atoms with van der Waals surface area (Å²) in [7, 11) is 1.77. The molecule has 0 saturated carbocycles. The Bertz CT molecular complexity index is 560. The summed E-state index contributed by atoms with van der Waals surface area (Å²) in [6.45, 7) is 1.86. The van der Waals surface area contributed by atoms with Gasteiger partial charge >= 0.3 is 0 Å². The van der Waals surface area contributed by atoms with Gasteiger partial charge in [0.05, 0.1) is 10.2 Å². The monoisotopic (exact) mass is 396 g/mol. The number of aliphatic hydroxyl groups is 1. The van der Waals surface area contributed by atoms with Gasteiger partial charge in [-0.25, -0.2) is 0 Å². The zero-order valence-electron chi connectivity index (χ0n) is 9.75. The Hall–Kier alpha value is -0.300. The SMILES string of the molecule is Cc1nn(C)c(Cl)c1CC(O)c1cc(Br)c(Br)o1. The van der Waals surface area contributed by atoms with Gasteiger partial charge in [0.25, 0.3) is 0 Å². The number of aliphatic hydroxyl groups excluding tert-OH is 1. The van der Waals surface area contributed by atoms with Gasteiger partial charge in [0.2, 0.25) is 0 Å². The number of halogens is 3. The average molecular weight is 398 g/mol. The van der Waals surface area contributed by atoms with Gasteiger partial charge in [-0.2, -0.15) is 5.10 Å². The minimum Gasteiger partial charge on any atom is -0.450 e. The fraction of sp³-hybridized carbons (Fsp3) is 0.364. The quantitative estimate of drug-likeness (QED) is 0.856. The molecule has 2 aromatic rings. The zero-order chi connectivity index (χ0) is 13.4. The van der Waals surface area contributed by atoms with Crippen LogP contribution in [0.25, 0.3) is 0 Å². The highest BCUT2D eigenvalue weighted by Crippen LogP contribution is 2.32. The summed E-state index contributed by atoms with van der Waals surface area (Å²) >= 11 is 12.7. The topological polar surface area (TPSA) is 51.2 Å². The van der Waals surface area contributed by atoms with E-state index >= 15 is 0 Å². The van der Waals surface area contributed by atoms with Gasteiger partial charge in [-0.05, 0) is 44.8 Å². The number of nitrogens with zero attached hydrogens (tertiary/aromatic N) is 2. The van der Waals surface area contributed by atoms with E-state index in [1.165, 1.54) is 0 Å². The number of hydrogen-bond donors (Lipinski definition) is 1. The first-order valence-electron chi connectivity index (χ1n) is 5.21. The highest BCUT2D eigenvalue weighted by molar-refractivity contribution is 9.13. The van der Waals surface area contributed by atoms with E-state index < -0.39 is 6.10 Å². The lowest BCUT2D eigenvalue weighted by Gasteiger charge is -2.07. The van der Waals surface area contributed by atoms with Crippen LogP contribution in [0.15, 0.2) is 19.6 Å². The van der Waals surface area contributed by atoms with Gasteiger partial charge in [-0.3, -0.25) is 4.68 Å². The summed E-state index contributed by atoms with van der Waals surface area (Å²) in [5, 5.41) is 14.9. The van der Waals surface area contributed by atoms with Gasteiger partial charge in [0, 0.05) is 19.0 Å². The number of hydrogen-bond acceptors (Lipinski definition) is 3. The van der Waals surface area contributed by atoms with Crippen molar-refractivity contribution in [2.24, 2.45) is 7.05 Å². The Balaban J connectivity index is 2.23. The Morgan fingerprint density at radius 3 is 2.67 bits per heavy atom. The van der Waals surface area contributed by atoms with Crippen LogP contribution in [0.2, 0.25) is 5.15 Å². The molecule has 0 amide bonds. The van der Waals surface area contributed by atoms with Crippen molar-refractivity contribution >= 4 is 43.5 Å². The molecular formula is C11H11Br2ClN2O2. The van der Waals surface area contributed by atoms with Gasteiger partial charge in [0.15, 0.2) is 4.67 Å². The highest BCUT2D eigenvalue weighted by Gasteiger charge is 2.20. The molecular weight excluding hydrogens is 387 g/mol. The summed E-state index contributed by atoms with van der Waals surface area (Å²) in [5.74, 6) is 0.480. The predicted molar refractivity (Wildman–Crippen MR) is 75.7 cm³/mol. The molecule has 0 bridgehead atoms. The molecule has 0 aliphatic rings. The summed E-state index contributed by atoms with van der Waals surface area (Å²) in [5.41, 5.74) is 1.64. The van der Waals surface area contributed by atoms with Crippen LogP contribution in [0.5, 0.6) is 0 Å². The lowest BCUT2D eigenvalue weighted by atomic mass is 10.1. The highest BCUT2D eigenvalue weighted by atomic mass is 79.9. The van der Waals surface area contributed by atoms with E-state index in [4.69, 9.17) is 16.0 Å². The fourth-order valence-electron chi connectivity index (χ4n) is 1.73. The molecule has 2 aromatic heterocycles. The Morgan fingerprint density at radius 2 is 2.22 bits per heavy atom. The smallest absolute Gasteiger partial charge is 0.183 e. The molecule has 0 saturated heterocycles. The second kappa shape index (κ2) is 5.36. The minimum atomic E-state index is -0.756. The van der Waals surface area contributed by atoms with Crippen molar-refractivity contribution in [3.63, 3.8) is 0 Å². The van der Waals surface area contributed by atoms with Crippen LogP contribution in [-0.4, -0.2) is 14.9 Å². The summed E-state index contributed by atoms with van der Waals surface area (Å²) in [6, 6.07) is 1.73. The molecule has 0 aliphatic heterocycles. The molecule has 0 fully saturated rings. The van der Waals surface area contributed by atoms with Crippen molar-refractivity contribution in [2.45, 2.75) is 19.4 Å². The van der Waals surface area contributed by atoms with E-state index in [1.807, 2.05) is 6.92 Å². The number of furan rings is 1. The van der Waals surface area contributed by atoms with E-state index in [1.54, 1.807) is 17.8 Å².